The molecule has 1 fully saturated rings. The number of carbonyl (C=O) groups excluding carboxylic acids is 2. The van der Waals surface area contributed by atoms with Crippen molar-refractivity contribution >= 4 is 23.2 Å². The second kappa shape index (κ2) is 7.36. The van der Waals surface area contributed by atoms with E-state index in [0.717, 1.165) is 16.3 Å². The molecule has 0 N–H and O–H groups in total. The zero-order valence-corrected chi connectivity index (χ0v) is 15.9. The third-order valence-corrected chi connectivity index (χ3v) is 5.61. The summed E-state index contributed by atoms with van der Waals surface area (Å²) < 4.78 is 1.72. The van der Waals surface area contributed by atoms with Crippen LogP contribution in [0.4, 0.5) is 0 Å². The Kier molecular flexibility index (Phi) is 4.77. The Morgan fingerprint density at radius 1 is 0.963 bits per heavy atom. The lowest BCUT2D eigenvalue weighted by Crippen LogP contribution is -2.50. The minimum Gasteiger partial charge on any atom is -0.339 e. The normalized spacial score (nSPS) is 14.4. The number of carbonyl (C=O) groups is 2. The summed E-state index contributed by atoms with van der Waals surface area (Å²) in [5, 5.41) is 6.70. The molecule has 7 heteroatoms. The Balaban J connectivity index is 1.67. The van der Waals surface area contributed by atoms with Crippen molar-refractivity contribution in [1.82, 2.24) is 19.6 Å². The molecule has 3 heterocycles. The van der Waals surface area contributed by atoms with E-state index in [1.165, 1.54) is 0 Å². The van der Waals surface area contributed by atoms with Crippen molar-refractivity contribution in [2.24, 2.45) is 0 Å². The molecule has 0 radical (unpaired) electrons. The molecule has 0 aliphatic carbocycles. The average molecular weight is 380 g/mol. The van der Waals surface area contributed by atoms with E-state index in [1.807, 2.05) is 53.9 Å². The van der Waals surface area contributed by atoms with Crippen LogP contribution in [-0.4, -0.2) is 57.6 Å². The second-order valence-corrected chi connectivity index (χ2v) is 7.39. The summed E-state index contributed by atoms with van der Waals surface area (Å²) in [5.41, 5.74) is 2.19. The molecule has 1 aromatic carbocycles. The number of nitrogens with zero attached hydrogens (tertiary/aromatic N) is 4. The van der Waals surface area contributed by atoms with Crippen LogP contribution >= 0.6 is 11.3 Å². The Morgan fingerprint density at radius 2 is 1.67 bits per heavy atom. The van der Waals surface area contributed by atoms with Crippen LogP contribution in [0.1, 0.15) is 17.4 Å². The van der Waals surface area contributed by atoms with E-state index < -0.39 is 0 Å². The number of benzene rings is 1. The first kappa shape index (κ1) is 17.5. The maximum absolute atomic E-state index is 13.2. The molecule has 3 aromatic rings. The van der Waals surface area contributed by atoms with Gasteiger partial charge in [-0.3, -0.25) is 9.59 Å². The summed E-state index contributed by atoms with van der Waals surface area (Å²) in [7, 11) is 0. The van der Waals surface area contributed by atoms with Gasteiger partial charge in [-0.25, -0.2) is 4.68 Å². The molecule has 1 aliphatic rings. The van der Waals surface area contributed by atoms with Crippen LogP contribution in [0.2, 0.25) is 0 Å². The third kappa shape index (κ3) is 3.50. The number of thiophene rings is 1. The van der Waals surface area contributed by atoms with Crippen LogP contribution in [0.3, 0.4) is 0 Å². The van der Waals surface area contributed by atoms with Crippen molar-refractivity contribution in [2.75, 3.05) is 26.2 Å². The number of piperazine rings is 1. The number of para-hydroxylation sites is 1. The van der Waals surface area contributed by atoms with Gasteiger partial charge < -0.3 is 9.80 Å². The highest BCUT2D eigenvalue weighted by Crippen LogP contribution is 2.26. The fourth-order valence-electron chi connectivity index (χ4n) is 3.23. The number of hydrogen-bond acceptors (Lipinski definition) is 4. The molecule has 2 aromatic heterocycles. The molecule has 0 saturated carbocycles. The van der Waals surface area contributed by atoms with E-state index in [1.54, 1.807) is 32.7 Å². The second-order valence-electron chi connectivity index (χ2n) is 6.44. The van der Waals surface area contributed by atoms with E-state index >= 15 is 0 Å². The Hall–Kier alpha value is -2.93. The molecular weight excluding hydrogens is 360 g/mol. The van der Waals surface area contributed by atoms with Gasteiger partial charge in [-0.1, -0.05) is 24.3 Å². The van der Waals surface area contributed by atoms with Crippen LogP contribution in [0.15, 0.2) is 53.9 Å². The average Bonchev–Trinajstić information content (AvgIpc) is 3.38. The topological polar surface area (TPSA) is 58.4 Å². The molecule has 1 saturated heterocycles. The van der Waals surface area contributed by atoms with E-state index in [4.69, 9.17) is 5.10 Å². The maximum atomic E-state index is 13.2. The van der Waals surface area contributed by atoms with Crippen LogP contribution in [0.25, 0.3) is 16.3 Å². The van der Waals surface area contributed by atoms with Gasteiger partial charge >= 0.3 is 0 Å². The van der Waals surface area contributed by atoms with Gasteiger partial charge in [0, 0.05) is 33.1 Å². The van der Waals surface area contributed by atoms with Gasteiger partial charge in [0.2, 0.25) is 5.91 Å². The fraction of sp³-hybridized carbons (Fsp3) is 0.250. The fourth-order valence-corrected chi connectivity index (χ4v) is 3.91. The van der Waals surface area contributed by atoms with Gasteiger partial charge in [0.25, 0.3) is 5.91 Å². The largest absolute Gasteiger partial charge is 0.339 e. The number of amides is 2. The molecule has 2 amide bonds. The summed E-state index contributed by atoms with van der Waals surface area (Å²) in [6.45, 7) is 3.77. The van der Waals surface area contributed by atoms with E-state index in [-0.39, 0.29) is 11.8 Å². The smallest absolute Gasteiger partial charge is 0.272 e. The lowest BCUT2D eigenvalue weighted by Gasteiger charge is -2.34. The molecule has 27 heavy (non-hydrogen) atoms. The Morgan fingerprint density at radius 3 is 2.30 bits per heavy atom. The molecule has 0 unspecified atom stereocenters. The van der Waals surface area contributed by atoms with E-state index in [2.05, 4.69) is 0 Å². The summed E-state index contributed by atoms with van der Waals surface area (Å²) in [4.78, 5) is 29.3. The highest BCUT2D eigenvalue weighted by atomic mass is 32.1. The van der Waals surface area contributed by atoms with Crippen molar-refractivity contribution in [3.8, 4) is 16.3 Å². The van der Waals surface area contributed by atoms with E-state index in [0.29, 0.717) is 31.9 Å². The van der Waals surface area contributed by atoms with Gasteiger partial charge in [-0.15, -0.1) is 11.3 Å². The Labute approximate surface area is 161 Å². The van der Waals surface area contributed by atoms with Crippen molar-refractivity contribution in [3.63, 3.8) is 0 Å². The summed E-state index contributed by atoms with van der Waals surface area (Å²) in [5.74, 6) is -0.00577. The highest BCUT2D eigenvalue weighted by Gasteiger charge is 2.27. The van der Waals surface area contributed by atoms with Crippen molar-refractivity contribution in [1.29, 1.82) is 0 Å². The molecular formula is C20H20N4O2S. The van der Waals surface area contributed by atoms with Crippen molar-refractivity contribution in [2.45, 2.75) is 6.92 Å². The summed E-state index contributed by atoms with van der Waals surface area (Å²) in [6, 6.07) is 15.5. The third-order valence-electron chi connectivity index (χ3n) is 4.72. The molecule has 138 valence electrons. The SMILES string of the molecule is CC(=O)N1CCN(C(=O)c2cc(-c3cccs3)nn2-c2ccccc2)CC1. The van der Waals surface area contributed by atoms with Crippen molar-refractivity contribution in [3.05, 3.63) is 59.6 Å². The number of aromatic nitrogens is 2. The van der Waals surface area contributed by atoms with E-state index in [9.17, 15) is 9.59 Å². The van der Waals surface area contributed by atoms with Crippen LogP contribution in [0.5, 0.6) is 0 Å². The molecule has 6 nitrogen and oxygen atoms in total. The van der Waals surface area contributed by atoms with Crippen LogP contribution < -0.4 is 0 Å². The lowest BCUT2D eigenvalue weighted by atomic mass is 10.2. The van der Waals surface area contributed by atoms with Gasteiger partial charge in [0.1, 0.15) is 11.4 Å². The van der Waals surface area contributed by atoms with Crippen LogP contribution in [0, 0.1) is 0 Å². The first-order valence-electron chi connectivity index (χ1n) is 8.87. The zero-order chi connectivity index (χ0) is 18.8. The van der Waals surface area contributed by atoms with Gasteiger partial charge in [-0.2, -0.15) is 5.10 Å². The number of rotatable bonds is 3. The zero-order valence-electron chi connectivity index (χ0n) is 15.0. The molecule has 0 bridgehead atoms. The summed E-state index contributed by atoms with van der Waals surface area (Å²) in [6.07, 6.45) is 0. The standard InChI is InChI=1S/C20H20N4O2S/c1-15(25)22-9-11-23(12-10-22)20(26)18-14-17(19-8-5-13-27-19)21-24(18)16-6-3-2-4-7-16/h2-8,13-14H,9-12H2,1H3. The first-order chi connectivity index (χ1) is 13.1. The predicted molar refractivity (Wildman–Crippen MR) is 105 cm³/mol. The van der Waals surface area contributed by atoms with Crippen LogP contribution in [-0.2, 0) is 4.79 Å². The van der Waals surface area contributed by atoms with Crippen molar-refractivity contribution < 1.29 is 9.59 Å². The minimum atomic E-state index is -0.0580. The molecule has 1 aliphatic heterocycles. The van der Waals surface area contributed by atoms with Gasteiger partial charge in [0.05, 0.1) is 10.6 Å². The Bertz CT molecular complexity index is 942. The quantitative estimate of drug-likeness (QED) is 0.702. The predicted octanol–water partition coefficient (Wildman–Crippen LogP) is 2.91. The monoisotopic (exact) mass is 380 g/mol. The highest BCUT2D eigenvalue weighted by molar-refractivity contribution is 7.13. The molecule has 4 rings (SSSR count). The first-order valence-corrected chi connectivity index (χ1v) is 9.75. The lowest BCUT2D eigenvalue weighted by molar-refractivity contribution is -0.130. The summed E-state index contributed by atoms with van der Waals surface area (Å²) >= 11 is 1.60. The number of hydrogen-bond donors (Lipinski definition) is 0. The van der Waals surface area contributed by atoms with Gasteiger partial charge in [-0.05, 0) is 29.6 Å². The minimum absolute atomic E-state index is 0.0522. The molecule has 0 spiro atoms. The van der Waals surface area contributed by atoms with Gasteiger partial charge in [0.15, 0.2) is 0 Å². The maximum Gasteiger partial charge on any atom is 0.272 e. The molecule has 0 atom stereocenters.